The molecule has 1 N–H and O–H groups in total. The fourth-order valence-corrected chi connectivity index (χ4v) is 2.24. The van der Waals surface area contributed by atoms with Crippen LogP contribution < -0.4 is 0 Å². The third kappa shape index (κ3) is 4.06. The standard InChI is InChI=1S/C16H20O5/c1-11-9-19-14(8-17)16(15(11)21-12(2)18)20-10-13-6-4-3-5-7-13/h3-7,9,14-17H,8,10H2,1-2H3. The van der Waals surface area contributed by atoms with Crippen molar-refractivity contribution >= 4 is 5.97 Å². The van der Waals surface area contributed by atoms with Gasteiger partial charge in [-0.05, 0) is 12.5 Å². The van der Waals surface area contributed by atoms with Crippen molar-refractivity contribution in [3.8, 4) is 0 Å². The zero-order valence-corrected chi connectivity index (χ0v) is 12.2. The highest BCUT2D eigenvalue weighted by atomic mass is 16.6. The van der Waals surface area contributed by atoms with Crippen LogP contribution in [-0.4, -0.2) is 36.0 Å². The molecular formula is C16H20O5. The smallest absolute Gasteiger partial charge is 0.303 e. The Labute approximate surface area is 124 Å². The van der Waals surface area contributed by atoms with Crippen LogP contribution in [0.1, 0.15) is 19.4 Å². The van der Waals surface area contributed by atoms with Crippen LogP contribution in [0.4, 0.5) is 0 Å². The molecule has 0 aliphatic carbocycles. The first-order valence-electron chi connectivity index (χ1n) is 6.87. The summed E-state index contributed by atoms with van der Waals surface area (Å²) in [5.41, 5.74) is 1.76. The predicted octanol–water partition coefficient (Wildman–Crippen LogP) is 1.80. The Hall–Kier alpha value is -1.85. The summed E-state index contributed by atoms with van der Waals surface area (Å²) < 4.78 is 16.6. The molecule has 1 heterocycles. The van der Waals surface area contributed by atoms with Crippen LogP contribution in [0.15, 0.2) is 42.2 Å². The Balaban J connectivity index is 2.10. The lowest BCUT2D eigenvalue weighted by Crippen LogP contribution is -2.47. The van der Waals surface area contributed by atoms with Crippen LogP contribution in [-0.2, 0) is 25.6 Å². The van der Waals surface area contributed by atoms with Gasteiger partial charge in [-0.2, -0.15) is 0 Å². The lowest BCUT2D eigenvalue weighted by Gasteiger charge is -2.35. The van der Waals surface area contributed by atoms with Crippen molar-refractivity contribution in [2.24, 2.45) is 0 Å². The lowest BCUT2D eigenvalue weighted by atomic mass is 9.99. The molecule has 0 spiro atoms. The summed E-state index contributed by atoms with van der Waals surface area (Å²) in [6, 6.07) is 9.67. The largest absolute Gasteiger partial charge is 0.493 e. The van der Waals surface area contributed by atoms with Crippen molar-refractivity contribution in [2.45, 2.75) is 38.8 Å². The minimum atomic E-state index is -0.554. The SMILES string of the molecule is CC(=O)OC1C(C)=COC(CO)C1OCc1ccccc1. The summed E-state index contributed by atoms with van der Waals surface area (Å²) in [6.45, 7) is 3.31. The van der Waals surface area contributed by atoms with Gasteiger partial charge in [0.15, 0.2) is 12.2 Å². The van der Waals surface area contributed by atoms with Gasteiger partial charge in [-0.15, -0.1) is 0 Å². The number of esters is 1. The highest BCUT2D eigenvalue weighted by molar-refractivity contribution is 5.66. The van der Waals surface area contributed by atoms with E-state index in [0.29, 0.717) is 6.61 Å². The molecule has 0 aromatic heterocycles. The lowest BCUT2D eigenvalue weighted by molar-refractivity contribution is -0.167. The molecule has 1 aromatic rings. The van der Waals surface area contributed by atoms with Crippen LogP contribution >= 0.6 is 0 Å². The molecule has 1 aliphatic heterocycles. The molecule has 114 valence electrons. The van der Waals surface area contributed by atoms with E-state index in [1.54, 1.807) is 6.92 Å². The first-order valence-corrected chi connectivity index (χ1v) is 6.87. The van der Waals surface area contributed by atoms with E-state index in [1.807, 2.05) is 30.3 Å². The number of aliphatic hydroxyl groups is 1. The molecular weight excluding hydrogens is 272 g/mol. The Kier molecular flexibility index (Phi) is 5.36. The number of hydrogen-bond donors (Lipinski definition) is 1. The van der Waals surface area contributed by atoms with E-state index in [9.17, 15) is 9.90 Å². The van der Waals surface area contributed by atoms with Crippen LogP contribution in [0.2, 0.25) is 0 Å². The van der Waals surface area contributed by atoms with E-state index < -0.39 is 18.3 Å². The van der Waals surface area contributed by atoms with Crippen molar-refractivity contribution < 1.29 is 24.1 Å². The van der Waals surface area contributed by atoms with E-state index in [4.69, 9.17) is 14.2 Å². The Morgan fingerprint density at radius 2 is 2.05 bits per heavy atom. The van der Waals surface area contributed by atoms with Gasteiger partial charge in [-0.25, -0.2) is 0 Å². The van der Waals surface area contributed by atoms with Crippen molar-refractivity contribution in [1.29, 1.82) is 0 Å². The third-order valence-corrected chi connectivity index (χ3v) is 3.30. The second-order valence-electron chi connectivity index (χ2n) is 5.01. The van der Waals surface area contributed by atoms with Gasteiger partial charge in [-0.3, -0.25) is 4.79 Å². The molecule has 0 fully saturated rings. The minimum Gasteiger partial charge on any atom is -0.493 e. The van der Waals surface area contributed by atoms with E-state index in [2.05, 4.69) is 0 Å². The number of rotatable bonds is 5. The van der Waals surface area contributed by atoms with Gasteiger partial charge < -0.3 is 19.3 Å². The molecule has 3 atom stereocenters. The number of hydrogen-bond acceptors (Lipinski definition) is 5. The summed E-state index contributed by atoms with van der Waals surface area (Å²) in [6.07, 6.45) is -0.125. The molecule has 0 saturated carbocycles. The maximum Gasteiger partial charge on any atom is 0.303 e. The van der Waals surface area contributed by atoms with Crippen LogP contribution in [0.3, 0.4) is 0 Å². The molecule has 0 saturated heterocycles. The van der Waals surface area contributed by atoms with Gasteiger partial charge in [0, 0.05) is 12.5 Å². The van der Waals surface area contributed by atoms with Crippen molar-refractivity contribution in [2.75, 3.05) is 6.61 Å². The maximum atomic E-state index is 11.3. The van der Waals surface area contributed by atoms with Crippen LogP contribution in [0.25, 0.3) is 0 Å². The summed E-state index contributed by atoms with van der Waals surface area (Å²) in [4.78, 5) is 11.3. The summed E-state index contributed by atoms with van der Waals surface area (Å²) >= 11 is 0. The predicted molar refractivity (Wildman–Crippen MR) is 76.3 cm³/mol. The Bertz CT molecular complexity index is 497. The van der Waals surface area contributed by atoms with Crippen molar-refractivity contribution in [3.05, 3.63) is 47.7 Å². The number of ether oxygens (including phenoxy) is 3. The fourth-order valence-electron chi connectivity index (χ4n) is 2.24. The first-order chi connectivity index (χ1) is 10.1. The zero-order valence-electron chi connectivity index (χ0n) is 12.2. The summed E-state index contributed by atoms with van der Waals surface area (Å²) in [7, 11) is 0. The molecule has 1 aliphatic rings. The summed E-state index contributed by atoms with van der Waals surface area (Å²) in [5, 5.41) is 9.42. The van der Waals surface area contributed by atoms with E-state index in [0.717, 1.165) is 11.1 Å². The van der Waals surface area contributed by atoms with Gasteiger partial charge in [0.25, 0.3) is 0 Å². The molecule has 3 unspecified atom stereocenters. The highest BCUT2D eigenvalue weighted by Gasteiger charge is 2.38. The molecule has 1 aromatic carbocycles. The highest BCUT2D eigenvalue weighted by Crippen LogP contribution is 2.25. The molecule has 21 heavy (non-hydrogen) atoms. The molecule has 5 heteroatoms. The van der Waals surface area contributed by atoms with Gasteiger partial charge in [0.05, 0.1) is 19.5 Å². The minimum absolute atomic E-state index is 0.207. The van der Waals surface area contributed by atoms with Crippen molar-refractivity contribution in [3.63, 3.8) is 0 Å². The molecule has 0 amide bonds. The van der Waals surface area contributed by atoms with E-state index >= 15 is 0 Å². The van der Waals surface area contributed by atoms with E-state index in [1.165, 1.54) is 13.2 Å². The van der Waals surface area contributed by atoms with Gasteiger partial charge in [0.1, 0.15) is 6.10 Å². The first kappa shape index (κ1) is 15.5. The normalized spacial score (nSPS) is 24.9. The van der Waals surface area contributed by atoms with Gasteiger partial charge in [0.2, 0.25) is 0 Å². The average molecular weight is 292 g/mol. The molecule has 5 nitrogen and oxygen atoms in total. The number of benzene rings is 1. The average Bonchev–Trinajstić information content (AvgIpc) is 2.48. The van der Waals surface area contributed by atoms with Crippen LogP contribution in [0, 0.1) is 0 Å². The monoisotopic (exact) mass is 292 g/mol. The van der Waals surface area contributed by atoms with Gasteiger partial charge in [-0.1, -0.05) is 30.3 Å². The molecule has 0 radical (unpaired) electrons. The second-order valence-corrected chi connectivity index (χ2v) is 5.01. The molecule has 0 bridgehead atoms. The topological polar surface area (TPSA) is 65.0 Å². The van der Waals surface area contributed by atoms with Crippen molar-refractivity contribution in [1.82, 2.24) is 0 Å². The fraction of sp³-hybridized carbons (Fsp3) is 0.438. The van der Waals surface area contributed by atoms with E-state index in [-0.39, 0.29) is 12.6 Å². The Morgan fingerprint density at radius 1 is 1.33 bits per heavy atom. The van der Waals surface area contributed by atoms with Crippen LogP contribution in [0.5, 0.6) is 0 Å². The molecule has 2 rings (SSSR count). The maximum absolute atomic E-state index is 11.3. The number of carbonyl (C=O) groups excluding carboxylic acids is 1. The number of carbonyl (C=O) groups is 1. The quantitative estimate of drug-likeness (QED) is 0.838. The van der Waals surface area contributed by atoms with Gasteiger partial charge >= 0.3 is 5.97 Å². The summed E-state index contributed by atoms with van der Waals surface area (Å²) in [5.74, 6) is -0.389. The third-order valence-electron chi connectivity index (χ3n) is 3.30. The Morgan fingerprint density at radius 3 is 2.67 bits per heavy atom. The number of aliphatic hydroxyl groups excluding tert-OH is 1. The zero-order chi connectivity index (χ0) is 15.2. The second kappa shape index (κ2) is 7.24.